The van der Waals surface area contributed by atoms with Crippen LogP contribution in [-0.4, -0.2) is 26.5 Å². The van der Waals surface area contributed by atoms with E-state index in [-0.39, 0.29) is 27.3 Å². The zero-order valence-corrected chi connectivity index (χ0v) is 11.7. The van der Waals surface area contributed by atoms with E-state index in [2.05, 4.69) is 10.3 Å². The third kappa shape index (κ3) is 2.76. The molecule has 0 aliphatic heterocycles. The second-order valence-electron chi connectivity index (χ2n) is 3.92. The number of aromatic nitrogens is 2. The fourth-order valence-electron chi connectivity index (χ4n) is 1.53. The van der Waals surface area contributed by atoms with E-state index < -0.39 is 11.9 Å². The summed E-state index contributed by atoms with van der Waals surface area (Å²) in [5.74, 6) is -1.30. The minimum absolute atomic E-state index is 0.0351. The van der Waals surface area contributed by atoms with Gasteiger partial charge in [-0.3, -0.25) is 4.79 Å². The van der Waals surface area contributed by atoms with Gasteiger partial charge in [0.15, 0.2) is 0 Å². The largest absolute Gasteiger partial charge is 0.478 e. The molecule has 2 aromatic rings. The van der Waals surface area contributed by atoms with Gasteiger partial charge < -0.3 is 15.0 Å². The van der Waals surface area contributed by atoms with Gasteiger partial charge in [-0.15, -0.1) is 0 Å². The lowest BCUT2D eigenvalue weighted by Gasteiger charge is -2.05. The predicted molar refractivity (Wildman–Crippen MR) is 74.6 cm³/mol. The van der Waals surface area contributed by atoms with Crippen molar-refractivity contribution in [1.82, 2.24) is 9.55 Å². The molecule has 0 saturated heterocycles. The second kappa shape index (κ2) is 5.52. The first kappa shape index (κ1) is 14.4. The van der Waals surface area contributed by atoms with E-state index in [0.29, 0.717) is 0 Å². The van der Waals surface area contributed by atoms with Crippen LogP contribution in [0.1, 0.15) is 20.8 Å². The molecule has 2 N–H and O–H groups in total. The molecule has 0 aliphatic rings. The highest BCUT2D eigenvalue weighted by Gasteiger charge is 2.16. The van der Waals surface area contributed by atoms with Gasteiger partial charge in [-0.1, -0.05) is 23.2 Å². The normalized spacial score (nSPS) is 10.3. The van der Waals surface area contributed by atoms with E-state index in [9.17, 15) is 9.59 Å². The average Bonchev–Trinajstić information content (AvgIpc) is 2.67. The van der Waals surface area contributed by atoms with Crippen molar-refractivity contribution in [2.75, 3.05) is 5.32 Å². The fraction of sp³-hybridized carbons (Fsp3) is 0.0833. The maximum absolute atomic E-state index is 12.0. The van der Waals surface area contributed by atoms with Crippen LogP contribution >= 0.6 is 23.2 Å². The van der Waals surface area contributed by atoms with E-state index in [1.165, 1.54) is 22.8 Å². The van der Waals surface area contributed by atoms with E-state index in [0.717, 1.165) is 6.20 Å². The molecule has 8 heteroatoms. The van der Waals surface area contributed by atoms with Gasteiger partial charge in [-0.05, 0) is 18.2 Å². The van der Waals surface area contributed by atoms with Crippen LogP contribution in [0.3, 0.4) is 0 Å². The molecule has 0 fully saturated rings. The van der Waals surface area contributed by atoms with Crippen molar-refractivity contribution in [2.24, 2.45) is 7.05 Å². The number of nitrogens with zero attached hydrogens (tertiary/aromatic N) is 2. The lowest BCUT2D eigenvalue weighted by Crippen LogP contribution is -2.16. The summed E-state index contributed by atoms with van der Waals surface area (Å²) < 4.78 is 1.44. The van der Waals surface area contributed by atoms with Crippen LogP contribution in [0.15, 0.2) is 24.4 Å². The third-order valence-electron chi connectivity index (χ3n) is 2.60. The SMILES string of the molecule is Cn1c(C(=O)Nc2ccc(C(=O)O)cn2)cc(Cl)c1Cl. The van der Waals surface area contributed by atoms with Crippen LogP contribution < -0.4 is 5.32 Å². The maximum Gasteiger partial charge on any atom is 0.337 e. The molecule has 0 spiro atoms. The Kier molecular flexibility index (Phi) is 3.96. The molecule has 0 atom stereocenters. The number of hydrogen-bond donors (Lipinski definition) is 2. The fourth-order valence-corrected chi connectivity index (χ4v) is 1.91. The maximum atomic E-state index is 12.0. The third-order valence-corrected chi connectivity index (χ3v) is 3.44. The van der Waals surface area contributed by atoms with Crippen LogP contribution in [0.25, 0.3) is 0 Å². The van der Waals surface area contributed by atoms with Crippen molar-refractivity contribution in [3.63, 3.8) is 0 Å². The quantitative estimate of drug-likeness (QED) is 0.912. The Bertz CT molecular complexity index is 680. The van der Waals surface area contributed by atoms with Gasteiger partial charge in [0.25, 0.3) is 5.91 Å². The predicted octanol–water partition coefficient (Wildman–Crippen LogP) is 2.68. The summed E-state index contributed by atoms with van der Waals surface area (Å²) in [6.07, 6.45) is 1.16. The molecule has 0 aliphatic carbocycles. The van der Waals surface area contributed by atoms with Gasteiger partial charge in [-0.25, -0.2) is 9.78 Å². The summed E-state index contributed by atoms with van der Waals surface area (Å²) >= 11 is 11.7. The number of aromatic carboxylic acids is 1. The van der Waals surface area contributed by atoms with Crippen molar-refractivity contribution in [2.45, 2.75) is 0 Å². The molecule has 1 amide bonds. The number of rotatable bonds is 3. The topological polar surface area (TPSA) is 84.2 Å². The summed E-state index contributed by atoms with van der Waals surface area (Å²) in [4.78, 5) is 26.5. The molecular formula is C12H9Cl2N3O3. The number of carboxylic acid groups (broad SMARTS) is 1. The van der Waals surface area contributed by atoms with E-state index in [1.807, 2.05) is 0 Å². The van der Waals surface area contributed by atoms with Crippen LogP contribution in [-0.2, 0) is 7.05 Å². The zero-order valence-electron chi connectivity index (χ0n) is 10.2. The van der Waals surface area contributed by atoms with Gasteiger partial charge in [0, 0.05) is 13.2 Å². The van der Waals surface area contributed by atoms with Gasteiger partial charge in [0.05, 0.1) is 10.6 Å². The molecule has 0 radical (unpaired) electrons. The lowest BCUT2D eigenvalue weighted by molar-refractivity contribution is 0.0696. The summed E-state index contributed by atoms with van der Waals surface area (Å²) in [5.41, 5.74) is 0.303. The van der Waals surface area contributed by atoms with Crippen LogP contribution in [0.4, 0.5) is 5.82 Å². The Morgan fingerprint density at radius 1 is 1.35 bits per heavy atom. The summed E-state index contributed by atoms with van der Waals surface area (Å²) in [5, 5.41) is 11.8. The van der Waals surface area contributed by atoms with Gasteiger partial charge in [0.1, 0.15) is 16.7 Å². The number of hydrogen-bond acceptors (Lipinski definition) is 3. The molecule has 0 unspecified atom stereocenters. The number of nitrogens with one attached hydrogen (secondary N) is 1. The number of carboxylic acids is 1. The highest BCUT2D eigenvalue weighted by Crippen LogP contribution is 2.25. The van der Waals surface area contributed by atoms with Crippen molar-refractivity contribution >= 4 is 40.9 Å². The molecule has 104 valence electrons. The van der Waals surface area contributed by atoms with Crippen LogP contribution in [0.5, 0.6) is 0 Å². The Morgan fingerprint density at radius 2 is 2.05 bits per heavy atom. The van der Waals surface area contributed by atoms with Crippen molar-refractivity contribution < 1.29 is 14.7 Å². The first-order valence-corrected chi connectivity index (χ1v) is 6.17. The highest BCUT2D eigenvalue weighted by molar-refractivity contribution is 6.42. The van der Waals surface area contributed by atoms with E-state index >= 15 is 0 Å². The summed E-state index contributed by atoms with van der Waals surface area (Å²) in [6, 6.07) is 4.17. The summed E-state index contributed by atoms with van der Waals surface area (Å²) in [7, 11) is 1.60. The average molecular weight is 314 g/mol. The lowest BCUT2D eigenvalue weighted by atomic mass is 10.3. The molecule has 0 aromatic carbocycles. The van der Waals surface area contributed by atoms with Gasteiger partial charge >= 0.3 is 5.97 Å². The van der Waals surface area contributed by atoms with E-state index in [1.54, 1.807) is 7.05 Å². The first-order valence-electron chi connectivity index (χ1n) is 5.41. The second-order valence-corrected chi connectivity index (χ2v) is 4.68. The molecule has 2 aromatic heterocycles. The Hall–Kier alpha value is -2.05. The van der Waals surface area contributed by atoms with Crippen molar-refractivity contribution in [3.8, 4) is 0 Å². The zero-order chi connectivity index (χ0) is 14.9. The summed E-state index contributed by atoms with van der Waals surface area (Å²) in [6.45, 7) is 0. The van der Waals surface area contributed by atoms with Crippen molar-refractivity contribution in [3.05, 3.63) is 45.8 Å². The number of halogens is 2. The Morgan fingerprint density at radius 3 is 2.50 bits per heavy atom. The number of carbonyl (C=O) groups is 2. The molecule has 20 heavy (non-hydrogen) atoms. The minimum atomic E-state index is -1.09. The highest BCUT2D eigenvalue weighted by atomic mass is 35.5. The molecule has 0 saturated carbocycles. The minimum Gasteiger partial charge on any atom is -0.478 e. The molecule has 2 rings (SSSR count). The van der Waals surface area contributed by atoms with Gasteiger partial charge in [-0.2, -0.15) is 0 Å². The Labute approximate surface area is 123 Å². The molecule has 0 bridgehead atoms. The number of anilines is 1. The number of amides is 1. The molecule has 2 heterocycles. The molecule has 6 nitrogen and oxygen atoms in total. The Balaban J connectivity index is 2.19. The smallest absolute Gasteiger partial charge is 0.337 e. The molecular weight excluding hydrogens is 305 g/mol. The van der Waals surface area contributed by atoms with E-state index in [4.69, 9.17) is 28.3 Å². The van der Waals surface area contributed by atoms with Crippen molar-refractivity contribution in [1.29, 1.82) is 0 Å². The van der Waals surface area contributed by atoms with Crippen LogP contribution in [0, 0.1) is 0 Å². The standard InChI is InChI=1S/C12H9Cl2N3O3/c1-17-8(4-7(13)10(17)14)11(18)16-9-3-2-6(5-15-9)12(19)20/h2-5H,1H3,(H,19,20)(H,15,16,18). The first-order chi connectivity index (χ1) is 9.40. The number of pyridine rings is 1. The van der Waals surface area contributed by atoms with Crippen LogP contribution in [0.2, 0.25) is 10.2 Å². The number of carbonyl (C=O) groups excluding carboxylic acids is 1. The van der Waals surface area contributed by atoms with Gasteiger partial charge in [0.2, 0.25) is 0 Å². The monoisotopic (exact) mass is 313 g/mol.